The normalized spacial score (nSPS) is 41.7. The molecule has 3 aliphatic carbocycles. The first-order chi connectivity index (χ1) is 11.2. The lowest BCUT2D eigenvalue weighted by Crippen LogP contribution is -2.44. The molecule has 1 aromatic carbocycles. The smallest absolute Gasteiger partial charge is 0.0897 e. The maximum Gasteiger partial charge on any atom is 0.0897 e. The summed E-state index contributed by atoms with van der Waals surface area (Å²) in [6, 6.07) is 4.64. The Hall–Kier alpha value is -0.900. The molecule has 0 spiro atoms. The SMILES string of the molecule is C[C@]12CCc3c(ccc4c3CC[C@@H](O)C4)[C@@H]1CC1OCCOC12. The largest absolute Gasteiger partial charge is 0.393 e. The minimum absolute atomic E-state index is 0.148. The minimum Gasteiger partial charge on any atom is -0.393 e. The molecule has 5 atom stereocenters. The van der Waals surface area contributed by atoms with Crippen molar-refractivity contribution in [3.8, 4) is 0 Å². The van der Waals surface area contributed by atoms with Crippen LogP contribution in [0.2, 0.25) is 0 Å². The molecule has 23 heavy (non-hydrogen) atoms. The van der Waals surface area contributed by atoms with E-state index in [1.807, 2.05) is 0 Å². The quantitative estimate of drug-likeness (QED) is 0.800. The van der Waals surface area contributed by atoms with E-state index in [2.05, 4.69) is 19.1 Å². The van der Waals surface area contributed by atoms with Gasteiger partial charge in [0.1, 0.15) is 0 Å². The van der Waals surface area contributed by atoms with E-state index in [1.165, 1.54) is 12.0 Å². The molecule has 1 aromatic rings. The lowest BCUT2D eigenvalue weighted by molar-refractivity contribution is -0.156. The van der Waals surface area contributed by atoms with Crippen molar-refractivity contribution in [1.82, 2.24) is 0 Å². The van der Waals surface area contributed by atoms with Gasteiger partial charge in [0.05, 0.1) is 31.5 Å². The Balaban J connectivity index is 1.57. The molecule has 5 rings (SSSR count). The zero-order chi connectivity index (χ0) is 15.6. The first-order valence-electron chi connectivity index (χ1n) is 9.21. The Kier molecular flexibility index (Phi) is 3.17. The molecule has 0 radical (unpaired) electrons. The van der Waals surface area contributed by atoms with Gasteiger partial charge >= 0.3 is 0 Å². The van der Waals surface area contributed by atoms with Gasteiger partial charge in [0.15, 0.2) is 0 Å². The molecule has 0 aromatic heterocycles. The fourth-order valence-corrected chi connectivity index (χ4v) is 5.82. The van der Waals surface area contributed by atoms with Crippen LogP contribution >= 0.6 is 0 Å². The van der Waals surface area contributed by atoms with E-state index in [0.29, 0.717) is 5.92 Å². The number of hydrogen-bond acceptors (Lipinski definition) is 3. The van der Waals surface area contributed by atoms with Gasteiger partial charge in [0, 0.05) is 5.41 Å². The van der Waals surface area contributed by atoms with Crippen molar-refractivity contribution in [3.63, 3.8) is 0 Å². The van der Waals surface area contributed by atoms with E-state index in [1.54, 1.807) is 16.7 Å². The summed E-state index contributed by atoms with van der Waals surface area (Å²) in [5.41, 5.74) is 6.30. The van der Waals surface area contributed by atoms with Gasteiger partial charge in [0.25, 0.3) is 0 Å². The van der Waals surface area contributed by atoms with E-state index in [4.69, 9.17) is 9.47 Å². The van der Waals surface area contributed by atoms with E-state index in [0.717, 1.165) is 45.3 Å². The Morgan fingerprint density at radius 1 is 1.13 bits per heavy atom. The van der Waals surface area contributed by atoms with Crippen LogP contribution in [0.1, 0.15) is 54.4 Å². The van der Waals surface area contributed by atoms with Crippen molar-refractivity contribution in [1.29, 1.82) is 0 Å². The first-order valence-corrected chi connectivity index (χ1v) is 9.21. The summed E-state index contributed by atoms with van der Waals surface area (Å²) in [5.74, 6) is 0.566. The molecule has 124 valence electrons. The molecule has 1 aliphatic heterocycles. The second-order valence-electron chi connectivity index (χ2n) is 8.16. The summed E-state index contributed by atoms with van der Waals surface area (Å²) in [7, 11) is 0. The standard InChI is InChI=1S/C20H26O3/c1-20-7-6-15-14-5-3-13(21)10-12(14)2-4-16(15)17(20)11-18-19(20)23-9-8-22-18/h2,4,13,17-19,21H,3,5-11H2,1H3/t13-,17+,18?,19?,20+/m1/s1. The monoisotopic (exact) mass is 314 g/mol. The van der Waals surface area contributed by atoms with Gasteiger partial charge in [-0.15, -0.1) is 0 Å². The molecule has 1 heterocycles. The van der Waals surface area contributed by atoms with Crippen molar-refractivity contribution in [3.05, 3.63) is 34.4 Å². The molecule has 3 heteroatoms. The molecule has 1 N–H and O–H groups in total. The Morgan fingerprint density at radius 3 is 2.91 bits per heavy atom. The average Bonchev–Trinajstić information content (AvgIpc) is 2.87. The van der Waals surface area contributed by atoms with Crippen LogP contribution in [-0.2, 0) is 28.7 Å². The highest BCUT2D eigenvalue weighted by Crippen LogP contribution is 2.58. The molecule has 1 saturated heterocycles. The van der Waals surface area contributed by atoms with Gasteiger partial charge in [-0.1, -0.05) is 19.1 Å². The summed E-state index contributed by atoms with van der Waals surface area (Å²) < 4.78 is 12.2. The topological polar surface area (TPSA) is 38.7 Å². The number of benzene rings is 1. The van der Waals surface area contributed by atoms with Crippen LogP contribution in [0.5, 0.6) is 0 Å². The number of aliphatic hydroxyl groups excluding tert-OH is 1. The Bertz CT molecular complexity index is 640. The highest BCUT2D eigenvalue weighted by molar-refractivity contribution is 5.48. The highest BCUT2D eigenvalue weighted by Gasteiger charge is 2.56. The van der Waals surface area contributed by atoms with E-state index >= 15 is 0 Å². The maximum absolute atomic E-state index is 9.96. The van der Waals surface area contributed by atoms with Gasteiger partial charge in [0.2, 0.25) is 0 Å². The van der Waals surface area contributed by atoms with Crippen molar-refractivity contribution in [2.24, 2.45) is 5.41 Å². The van der Waals surface area contributed by atoms with Crippen LogP contribution < -0.4 is 0 Å². The number of ether oxygens (including phenoxy) is 2. The van der Waals surface area contributed by atoms with E-state index in [-0.39, 0.29) is 23.7 Å². The average molecular weight is 314 g/mol. The summed E-state index contributed by atoms with van der Waals surface area (Å²) in [6.07, 6.45) is 6.67. The number of fused-ring (bicyclic) bond motifs is 7. The number of aliphatic hydroxyl groups is 1. The fraction of sp³-hybridized carbons (Fsp3) is 0.700. The van der Waals surface area contributed by atoms with Gasteiger partial charge in [-0.3, -0.25) is 0 Å². The summed E-state index contributed by atoms with van der Waals surface area (Å²) in [5, 5.41) is 9.96. The van der Waals surface area contributed by atoms with Crippen LogP contribution in [0.3, 0.4) is 0 Å². The molecule has 1 saturated carbocycles. The van der Waals surface area contributed by atoms with Crippen LogP contribution in [-0.4, -0.2) is 36.6 Å². The number of hydrogen-bond donors (Lipinski definition) is 1. The third-order valence-corrected chi connectivity index (χ3v) is 7.00. The van der Waals surface area contributed by atoms with Crippen molar-refractivity contribution < 1.29 is 14.6 Å². The summed E-state index contributed by atoms with van der Waals surface area (Å²) in [4.78, 5) is 0. The molecular formula is C20H26O3. The lowest BCUT2D eigenvalue weighted by Gasteiger charge is -2.43. The predicted molar refractivity (Wildman–Crippen MR) is 87.7 cm³/mol. The van der Waals surface area contributed by atoms with Crippen LogP contribution in [0, 0.1) is 5.41 Å². The zero-order valence-electron chi connectivity index (χ0n) is 13.9. The van der Waals surface area contributed by atoms with Gasteiger partial charge in [-0.2, -0.15) is 0 Å². The van der Waals surface area contributed by atoms with E-state index < -0.39 is 0 Å². The molecule has 4 aliphatic rings. The lowest BCUT2D eigenvalue weighted by atomic mass is 9.64. The number of rotatable bonds is 0. The maximum atomic E-state index is 9.96. The predicted octanol–water partition coefficient (Wildman–Crippen LogP) is 2.76. The first kappa shape index (κ1) is 14.4. The second-order valence-corrected chi connectivity index (χ2v) is 8.16. The molecule has 2 unspecified atom stereocenters. The molecule has 2 fully saturated rings. The molecule has 0 bridgehead atoms. The molecular weight excluding hydrogens is 288 g/mol. The third-order valence-electron chi connectivity index (χ3n) is 7.00. The van der Waals surface area contributed by atoms with Crippen LogP contribution in [0.15, 0.2) is 12.1 Å². The second kappa shape index (κ2) is 5.05. The van der Waals surface area contributed by atoms with Crippen LogP contribution in [0.25, 0.3) is 0 Å². The fourth-order valence-electron chi connectivity index (χ4n) is 5.82. The highest BCUT2D eigenvalue weighted by atomic mass is 16.6. The van der Waals surface area contributed by atoms with Gasteiger partial charge in [-0.05, 0) is 66.7 Å². The Morgan fingerprint density at radius 2 is 2.00 bits per heavy atom. The minimum atomic E-state index is -0.148. The van der Waals surface area contributed by atoms with Crippen molar-refractivity contribution in [2.45, 2.75) is 69.7 Å². The zero-order valence-corrected chi connectivity index (χ0v) is 13.9. The van der Waals surface area contributed by atoms with Crippen LogP contribution in [0.4, 0.5) is 0 Å². The van der Waals surface area contributed by atoms with E-state index in [9.17, 15) is 5.11 Å². The summed E-state index contributed by atoms with van der Waals surface area (Å²) in [6.45, 7) is 3.92. The third kappa shape index (κ3) is 2.00. The molecule has 3 nitrogen and oxygen atoms in total. The molecule has 0 amide bonds. The van der Waals surface area contributed by atoms with Crippen molar-refractivity contribution in [2.75, 3.05) is 13.2 Å². The summed E-state index contributed by atoms with van der Waals surface area (Å²) >= 11 is 0. The van der Waals surface area contributed by atoms with Gasteiger partial charge < -0.3 is 14.6 Å². The Labute approximate surface area is 138 Å². The van der Waals surface area contributed by atoms with Gasteiger partial charge in [-0.25, -0.2) is 0 Å². The van der Waals surface area contributed by atoms with Crippen molar-refractivity contribution >= 4 is 0 Å².